The summed E-state index contributed by atoms with van der Waals surface area (Å²) in [4.78, 5) is 25.9. The van der Waals surface area contributed by atoms with E-state index in [-0.39, 0.29) is 35.5 Å². The fourth-order valence-electron chi connectivity index (χ4n) is 4.85. The zero-order chi connectivity index (χ0) is 26.0. The topological polar surface area (TPSA) is 96.9 Å². The summed E-state index contributed by atoms with van der Waals surface area (Å²) in [6, 6.07) is 18.8. The maximum Gasteiger partial charge on any atom is 0.251 e. The van der Waals surface area contributed by atoms with Gasteiger partial charge in [-0.25, -0.2) is 0 Å². The number of carbonyl (C=O) groups is 2. The van der Waals surface area contributed by atoms with Crippen LogP contribution in [0.5, 0.6) is 11.5 Å². The lowest BCUT2D eigenvalue weighted by Crippen LogP contribution is -2.37. The van der Waals surface area contributed by atoms with Crippen LogP contribution in [0.4, 0.5) is 5.69 Å². The third-order valence-electron chi connectivity index (χ3n) is 7.26. The number of rotatable bonds is 9. The van der Waals surface area contributed by atoms with E-state index in [1.807, 2.05) is 62.4 Å². The molecular weight excluding hydrogens is 468 g/mol. The van der Waals surface area contributed by atoms with Gasteiger partial charge in [0, 0.05) is 15.5 Å². The Morgan fingerprint density at radius 2 is 1.78 bits per heavy atom. The van der Waals surface area contributed by atoms with E-state index in [1.165, 1.54) is 0 Å². The number of hydrogen-bond acceptors (Lipinski definition) is 5. The van der Waals surface area contributed by atoms with E-state index in [2.05, 4.69) is 10.6 Å². The van der Waals surface area contributed by atoms with Crippen molar-refractivity contribution in [2.45, 2.75) is 51.0 Å². The van der Waals surface area contributed by atoms with Gasteiger partial charge in [0.25, 0.3) is 5.91 Å². The van der Waals surface area contributed by atoms with E-state index in [9.17, 15) is 14.7 Å². The highest BCUT2D eigenvalue weighted by molar-refractivity contribution is 6.02. The molecule has 0 saturated heterocycles. The summed E-state index contributed by atoms with van der Waals surface area (Å²) in [5, 5.41) is 15.5. The highest BCUT2D eigenvalue weighted by atomic mass is 16.7. The van der Waals surface area contributed by atoms with Crippen molar-refractivity contribution in [1.82, 2.24) is 5.32 Å². The van der Waals surface area contributed by atoms with Crippen molar-refractivity contribution < 1.29 is 28.4 Å². The first-order valence-electron chi connectivity index (χ1n) is 12.8. The number of ether oxygens (including phenoxy) is 2. The van der Waals surface area contributed by atoms with Crippen LogP contribution in [0.1, 0.15) is 58.4 Å². The van der Waals surface area contributed by atoms with Crippen LogP contribution in [0.3, 0.4) is 0 Å². The maximum atomic E-state index is 13.4. The van der Waals surface area contributed by atoms with Crippen LogP contribution in [0, 0.1) is 6.92 Å². The van der Waals surface area contributed by atoms with Gasteiger partial charge in [-0.3, -0.25) is 9.59 Å². The second-order valence-electron chi connectivity index (χ2n) is 9.85. The van der Waals surface area contributed by atoms with Gasteiger partial charge in [-0.15, -0.1) is 0 Å². The first-order chi connectivity index (χ1) is 17.9. The van der Waals surface area contributed by atoms with Crippen molar-refractivity contribution in [2.24, 2.45) is 0 Å². The number of amides is 2. The number of hydrogen-bond donors (Lipinski definition) is 3. The summed E-state index contributed by atoms with van der Waals surface area (Å²) in [6.45, 7) is 4.17. The molecule has 0 unspecified atom stereocenters. The molecule has 0 bridgehead atoms. The number of aliphatic hydroxyl groups is 1. The Hall–Kier alpha value is -3.84. The van der Waals surface area contributed by atoms with Gasteiger partial charge in [-0.1, -0.05) is 37.6 Å². The van der Waals surface area contributed by atoms with Crippen molar-refractivity contribution in [2.75, 3.05) is 18.7 Å². The van der Waals surface area contributed by atoms with Crippen LogP contribution in [0.15, 0.2) is 60.7 Å². The van der Waals surface area contributed by atoms with Gasteiger partial charge >= 0.3 is 0 Å². The number of aryl methyl sites for hydroxylation is 1. The molecule has 2 aliphatic rings. The zero-order valence-corrected chi connectivity index (χ0v) is 21.2. The molecule has 1 heterocycles. The Morgan fingerprint density at radius 3 is 2.49 bits per heavy atom. The number of anilines is 1. The molecular formula is C30H38N2O5. The molecule has 5 rings (SSSR count). The molecule has 1 aliphatic carbocycles. The first-order valence-corrected chi connectivity index (χ1v) is 12.8. The summed E-state index contributed by atoms with van der Waals surface area (Å²) < 4.78 is 10.9. The Labute approximate surface area is 221 Å². The Kier molecular flexibility index (Phi) is 6.89. The fourth-order valence-corrected chi connectivity index (χ4v) is 4.85. The van der Waals surface area contributed by atoms with Crippen molar-refractivity contribution >= 4 is 17.5 Å². The minimum Gasteiger partial charge on any atom is -0.454 e. The lowest BCUT2D eigenvalue weighted by Gasteiger charge is -2.18. The zero-order valence-electron chi connectivity index (χ0n) is 21.2. The van der Waals surface area contributed by atoms with Gasteiger partial charge < -0.3 is 25.2 Å². The summed E-state index contributed by atoms with van der Waals surface area (Å²) in [5.41, 5.74) is 4.66. The van der Waals surface area contributed by atoms with E-state index < -0.39 is 5.41 Å². The van der Waals surface area contributed by atoms with E-state index >= 15 is 0 Å². The molecule has 0 spiro atoms. The molecule has 0 aromatic heterocycles. The van der Waals surface area contributed by atoms with E-state index in [4.69, 9.17) is 9.47 Å². The van der Waals surface area contributed by atoms with Gasteiger partial charge in [-0.05, 0) is 84.8 Å². The van der Waals surface area contributed by atoms with Crippen LogP contribution in [-0.2, 0) is 10.2 Å². The number of fused-ring (bicyclic) bond motifs is 1. The standard InChI is InChI=1S/C30H32N2O5.3H2/c1-3-4-24(17-33)31-28(34)21-8-6-20(7-9-21)25-16-23(11-5-19(25)2)32-29(35)30(13-14-30)22-10-12-26-27(15-22)37-18-36-26;;;/h5-12,15-16,24,33H,3-4,13-14,17-18H2,1-2H3,(H,31,34)(H,32,35);3*1H/t24-;;;/m0.../s1. The van der Waals surface area contributed by atoms with Gasteiger partial charge in [0.05, 0.1) is 18.1 Å². The molecule has 2 amide bonds. The lowest BCUT2D eigenvalue weighted by molar-refractivity contribution is -0.118. The number of benzene rings is 3. The molecule has 0 radical (unpaired) electrons. The molecule has 3 aromatic carbocycles. The molecule has 37 heavy (non-hydrogen) atoms. The number of nitrogens with one attached hydrogen (secondary N) is 2. The molecule has 198 valence electrons. The van der Waals surface area contributed by atoms with Crippen molar-refractivity contribution in [3.05, 3.63) is 77.4 Å². The minimum atomic E-state index is -0.550. The predicted molar refractivity (Wildman–Crippen MR) is 148 cm³/mol. The molecule has 1 atom stereocenters. The van der Waals surface area contributed by atoms with E-state index in [0.29, 0.717) is 17.1 Å². The SMILES string of the molecule is CCC[C@@H](CO)NC(=O)c1ccc(-c2cc(NC(=O)C3(c4ccc5c(c4)OCO5)CC3)ccc2C)cc1.[HH].[HH].[HH]. The van der Waals surface area contributed by atoms with Crippen LogP contribution >= 0.6 is 0 Å². The third kappa shape index (κ3) is 5.04. The van der Waals surface area contributed by atoms with Crippen molar-refractivity contribution in [1.29, 1.82) is 0 Å². The summed E-state index contributed by atoms with van der Waals surface area (Å²) in [7, 11) is 0. The molecule has 1 aliphatic heterocycles. The van der Waals surface area contributed by atoms with Gasteiger partial charge in [-0.2, -0.15) is 0 Å². The van der Waals surface area contributed by atoms with Crippen LogP contribution in [0.2, 0.25) is 0 Å². The first kappa shape index (κ1) is 24.8. The Morgan fingerprint density at radius 1 is 1.03 bits per heavy atom. The molecule has 1 saturated carbocycles. The molecule has 7 nitrogen and oxygen atoms in total. The molecule has 3 aromatic rings. The normalized spacial score (nSPS) is 15.6. The largest absolute Gasteiger partial charge is 0.454 e. The van der Waals surface area contributed by atoms with Crippen molar-refractivity contribution in [3.63, 3.8) is 0 Å². The monoisotopic (exact) mass is 506 g/mol. The Bertz CT molecular complexity index is 1330. The number of aliphatic hydroxyl groups excluding tert-OH is 1. The average molecular weight is 507 g/mol. The predicted octanol–water partition coefficient (Wildman–Crippen LogP) is 5.69. The summed E-state index contributed by atoms with van der Waals surface area (Å²) in [5.74, 6) is 1.16. The van der Waals surface area contributed by atoms with E-state index in [1.54, 1.807) is 12.1 Å². The van der Waals surface area contributed by atoms with Crippen LogP contribution in [0.25, 0.3) is 11.1 Å². The average Bonchev–Trinajstić information content (AvgIpc) is 3.60. The smallest absolute Gasteiger partial charge is 0.251 e. The van der Waals surface area contributed by atoms with Gasteiger partial charge in [0.1, 0.15) is 0 Å². The maximum absolute atomic E-state index is 13.4. The fraction of sp³-hybridized carbons (Fsp3) is 0.333. The Balaban J connectivity index is 0.00000187. The third-order valence-corrected chi connectivity index (χ3v) is 7.26. The highest BCUT2D eigenvalue weighted by Gasteiger charge is 2.51. The van der Waals surface area contributed by atoms with E-state index in [0.717, 1.165) is 53.6 Å². The second-order valence-corrected chi connectivity index (χ2v) is 9.85. The minimum absolute atomic E-state index is 0. The van der Waals surface area contributed by atoms with Gasteiger partial charge in [0.2, 0.25) is 12.7 Å². The van der Waals surface area contributed by atoms with Gasteiger partial charge in [0.15, 0.2) is 11.5 Å². The summed E-state index contributed by atoms with van der Waals surface area (Å²) >= 11 is 0. The quantitative estimate of drug-likeness (QED) is 0.346. The van der Waals surface area contributed by atoms with Crippen LogP contribution in [-0.4, -0.2) is 36.4 Å². The second kappa shape index (κ2) is 10.3. The molecule has 3 N–H and O–H groups in total. The van der Waals surface area contributed by atoms with Crippen LogP contribution < -0.4 is 20.1 Å². The molecule has 7 heteroatoms. The highest BCUT2D eigenvalue weighted by Crippen LogP contribution is 2.51. The summed E-state index contributed by atoms with van der Waals surface area (Å²) in [6.07, 6.45) is 3.19. The van der Waals surface area contributed by atoms with Crippen molar-refractivity contribution in [3.8, 4) is 22.6 Å². The number of carbonyl (C=O) groups excluding carboxylic acids is 2. The molecule has 1 fully saturated rings. The lowest BCUT2D eigenvalue weighted by atomic mass is 9.94.